The molecular formula is C23H22FN5O. The van der Waals surface area contributed by atoms with Crippen molar-refractivity contribution in [3.8, 4) is 5.69 Å². The lowest BCUT2D eigenvalue weighted by Crippen LogP contribution is -2.32. The molecule has 1 N–H and O–H groups in total. The Morgan fingerprint density at radius 1 is 1.10 bits per heavy atom. The molecule has 0 saturated carbocycles. The average Bonchev–Trinajstić information content (AvgIpc) is 3.36. The monoisotopic (exact) mass is 403 g/mol. The molecule has 1 atom stereocenters. The van der Waals surface area contributed by atoms with E-state index in [1.165, 1.54) is 18.5 Å². The van der Waals surface area contributed by atoms with Crippen LogP contribution in [0.25, 0.3) is 5.69 Å². The maximum absolute atomic E-state index is 13.3. The SMILES string of the molecule is Cc1cc(C(=O)NC(Cn2cncn2)c2ccccc2)c(C)n1-c1ccc(F)cc1. The van der Waals surface area contributed by atoms with E-state index in [-0.39, 0.29) is 17.8 Å². The number of nitrogens with one attached hydrogen (secondary N) is 1. The van der Waals surface area contributed by atoms with Gasteiger partial charge in [0.2, 0.25) is 0 Å². The summed E-state index contributed by atoms with van der Waals surface area (Å²) < 4.78 is 17.0. The van der Waals surface area contributed by atoms with Gasteiger partial charge in [-0.2, -0.15) is 5.10 Å². The van der Waals surface area contributed by atoms with Crippen LogP contribution in [0.5, 0.6) is 0 Å². The van der Waals surface area contributed by atoms with Gasteiger partial charge in [0.05, 0.1) is 18.2 Å². The van der Waals surface area contributed by atoms with Gasteiger partial charge >= 0.3 is 0 Å². The first kappa shape index (κ1) is 19.6. The summed E-state index contributed by atoms with van der Waals surface area (Å²) in [5, 5.41) is 7.29. The van der Waals surface area contributed by atoms with Gasteiger partial charge in [0.25, 0.3) is 5.91 Å². The molecule has 0 radical (unpaired) electrons. The largest absolute Gasteiger partial charge is 0.343 e. The fourth-order valence-corrected chi connectivity index (χ4v) is 3.65. The molecule has 4 rings (SSSR count). The van der Waals surface area contributed by atoms with Gasteiger partial charge in [-0.25, -0.2) is 9.37 Å². The van der Waals surface area contributed by atoms with Crippen LogP contribution in [-0.4, -0.2) is 25.2 Å². The van der Waals surface area contributed by atoms with Crippen LogP contribution in [0.4, 0.5) is 4.39 Å². The van der Waals surface area contributed by atoms with E-state index in [0.29, 0.717) is 12.1 Å². The maximum atomic E-state index is 13.3. The van der Waals surface area contributed by atoms with E-state index in [0.717, 1.165) is 22.6 Å². The highest BCUT2D eigenvalue weighted by molar-refractivity contribution is 5.96. The van der Waals surface area contributed by atoms with E-state index >= 15 is 0 Å². The van der Waals surface area contributed by atoms with Gasteiger partial charge in [0.15, 0.2) is 0 Å². The van der Waals surface area contributed by atoms with Crippen molar-refractivity contribution in [3.63, 3.8) is 0 Å². The van der Waals surface area contributed by atoms with Crippen molar-refractivity contribution < 1.29 is 9.18 Å². The van der Waals surface area contributed by atoms with E-state index in [9.17, 15) is 9.18 Å². The number of nitrogens with zero attached hydrogens (tertiary/aromatic N) is 4. The number of carbonyl (C=O) groups is 1. The first-order chi connectivity index (χ1) is 14.5. The van der Waals surface area contributed by atoms with Crippen LogP contribution in [0.3, 0.4) is 0 Å². The number of hydrogen-bond acceptors (Lipinski definition) is 3. The highest BCUT2D eigenvalue weighted by Gasteiger charge is 2.21. The van der Waals surface area contributed by atoms with Crippen LogP contribution in [0.15, 0.2) is 73.3 Å². The first-order valence-electron chi connectivity index (χ1n) is 9.66. The molecule has 6 nitrogen and oxygen atoms in total. The number of amides is 1. The van der Waals surface area contributed by atoms with Crippen LogP contribution in [0.2, 0.25) is 0 Å². The predicted octanol–water partition coefficient (Wildman–Crippen LogP) is 4.00. The summed E-state index contributed by atoms with van der Waals surface area (Å²) in [5.41, 5.74) is 4.07. The van der Waals surface area contributed by atoms with E-state index in [4.69, 9.17) is 0 Å². The lowest BCUT2D eigenvalue weighted by Gasteiger charge is -2.19. The molecule has 0 saturated heterocycles. The van der Waals surface area contributed by atoms with Crippen molar-refractivity contribution in [1.29, 1.82) is 0 Å². The molecule has 1 amide bonds. The lowest BCUT2D eigenvalue weighted by atomic mass is 10.1. The Labute approximate surface area is 174 Å². The highest BCUT2D eigenvalue weighted by Crippen LogP contribution is 2.23. The maximum Gasteiger partial charge on any atom is 0.253 e. The minimum atomic E-state index is -0.294. The van der Waals surface area contributed by atoms with E-state index in [2.05, 4.69) is 15.4 Å². The normalized spacial score (nSPS) is 12.0. The molecule has 2 aromatic carbocycles. The molecule has 2 heterocycles. The van der Waals surface area contributed by atoms with Crippen LogP contribution < -0.4 is 5.32 Å². The van der Waals surface area contributed by atoms with Gasteiger partial charge in [-0.05, 0) is 49.7 Å². The summed E-state index contributed by atoms with van der Waals surface area (Å²) in [7, 11) is 0. The Morgan fingerprint density at radius 2 is 1.83 bits per heavy atom. The third kappa shape index (κ3) is 4.00. The Hall–Kier alpha value is -3.74. The topological polar surface area (TPSA) is 64.7 Å². The minimum absolute atomic E-state index is 0.176. The van der Waals surface area contributed by atoms with Gasteiger partial charge in [0.1, 0.15) is 18.5 Å². The molecule has 0 spiro atoms. The number of aromatic nitrogens is 4. The summed E-state index contributed by atoms with van der Waals surface area (Å²) in [6, 6.07) is 17.6. The van der Waals surface area contributed by atoms with Gasteiger partial charge in [-0.3, -0.25) is 9.48 Å². The van der Waals surface area contributed by atoms with Gasteiger partial charge < -0.3 is 9.88 Å². The Bertz CT molecular complexity index is 1130. The number of hydrogen-bond donors (Lipinski definition) is 1. The second-order valence-corrected chi connectivity index (χ2v) is 7.15. The quantitative estimate of drug-likeness (QED) is 0.529. The van der Waals surface area contributed by atoms with E-state index < -0.39 is 0 Å². The van der Waals surface area contributed by atoms with Crippen LogP contribution >= 0.6 is 0 Å². The third-order valence-electron chi connectivity index (χ3n) is 5.10. The van der Waals surface area contributed by atoms with Crippen LogP contribution in [0, 0.1) is 19.7 Å². The van der Waals surface area contributed by atoms with Gasteiger partial charge in [0, 0.05) is 17.1 Å². The van der Waals surface area contributed by atoms with Crippen molar-refractivity contribution in [2.45, 2.75) is 26.4 Å². The minimum Gasteiger partial charge on any atom is -0.343 e. The summed E-state index contributed by atoms with van der Waals surface area (Å²) >= 11 is 0. The second-order valence-electron chi connectivity index (χ2n) is 7.15. The molecule has 30 heavy (non-hydrogen) atoms. The average molecular weight is 403 g/mol. The standard InChI is InChI=1S/C23H22FN5O/c1-16-12-21(17(2)29(16)20-10-8-19(24)9-11-20)23(30)27-22(13-28-15-25-14-26-28)18-6-4-3-5-7-18/h3-12,14-15,22H,13H2,1-2H3,(H,27,30). The fraction of sp³-hybridized carbons (Fsp3) is 0.174. The zero-order valence-electron chi connectivity index (χ0n) is 16.8. The lowest BCUT2D eigenvalue weighted by molar-refractivity contribution is 0.0931. The molecule has 0 aliphatic heterocycles. The highest BCUT2D eigenvalue weighted by atomic mass is 19.1. The molecule has 0 fully saturated rings. The number of benzene rings is 2. The Kier molecular flexibility index (Phi) is 5.43. The van der Waals surface area contributed by atoms with Crippen molar-refractivity contribution in [3.05, 3.63) is 102 Å². The fourth-order valence-electron chi connectivity index (χ4n) is 3.65. The van der Waals surface area contributed by atoms with Gasteiger partial charge in [-0.1, -0.05) is 30.3 Å². The molecule has 2 aromatic heterocycles. The Morgan fingerprint density at radius 3 is 2.50 bits per heavy atom. The zero-order valence-corrected chi connectivity index (χ0v) is 16.8. The predicted molar refractivity (Wildman–Crippen MR) is 112 cm³/mol. The van der Waals surface area contributed by atoms with Crippen molar-refractivity contribution in [2.75, 3.05) is 0 Å². The number of rotatable bonds is 6. The molecule has 0 aliphatic carbocycles. The molecule has 4 aromatic rings. The van der Waals surface area contributed by atoms with Crippen LogP contribution in [0.1, 0.15) is 33.4 Å². The smallest absolute Gasteiger partial charge is 0.253 e. The molecular weight excluding hydrogens is 381 g/mol. The number of aryl methyl sites for hydroxylation is 1. The third-order valence-corrected chi connectivity index (χ3v) is 5.10. The molecule has 0 bridgehead atoms. The molecule has 7 heteroatoms. The van der Waals surface area contributed by atoms with Crippen molar-refractivity contribution >= 4 is 5.91 Å². The Balaban J connectivity index is 1.63. The number of carbonyl (C=O) groups excluding carboxylic acids is 1. The van der Waals surface area contributed by atoms with Gasteiger partial charge in [-0.15, -0.1) is 0 Å². The number of halogens is 1. The van der Waals surface area contributed by atoms with Crippen LogP contribution in [-0.2, 0) is 6.54 Å². The van der Waals surface area contributed by atoms with E-state index in [1.807, 2.05) is 54.8 Å². The first-order valence-corrected chi connectivity index (χ1v) is 9.66. The zero-order chi connectivity index (χ0) is 21.1. The molecule has 1 unspecified atom stereocenters. The molecule has 0 aliphatic rings. The summed E-state index contributed by atoms with van der Waals surface area (Å²) in [6.07, 6.45) is 3.10. The summed E-state index contributed by atoms with van der Waals surface area (Å²) in [4.78, 5) is 17.2. The second kappa shape index (κ2) is 8.32. The summed E-state index contributed by atoms with van der Waals surface area (Å²) in [5.74, 6) is -0.469. The van der Waals surface area contributed by atoms with Crippen molar-refractivity contribution in [2.24, 2.45) is 0 Å². The van der Waals surface area contributed by atoms with Crippen molar-refractivity contribution in [1.82, 2.24) is 24.6 Å². The summed E-state index contributed by atoms with van der Waals surface area (Å²) in [6.45, 7) is 4.28. The molecule has 152 valence electrons. The van der Waals surface area contributed by atoms with E-state index in [1.54, 1.807) is 23.1 Å².